The SMILES string of the molecule is O=C([O-])O.[K+].[Na+].[O-][Cl+3]([O-])([O-])[O-]. The van der Waals surface area contributed by atoms with E-state index in [9.17, 15) is 0 Å². The molecule has 0 atom stereocenters. The summed E-state index contributed by atoms with van der Waals surface area (Å²) in [6.07, 6.45) is -2.08. The Morgan fingerprint density at radius 3 is 1.18 bits per heavy atom. The Balaban J connectivity index is -0.0000000383. The summed E-state index contributed by atoms with van der Waals surface area (Å²) < 4.78 is 34.0. The number of carboxylic acid groups (broad SMARTS) is 2. The third-order valence-corrected chi connectivity index (χ3v) is 0. The van der Waals surface area contributed by atoms with Crippen LogP contribution < -0.4 is 105 Å². The van der Waals surface area contributed by atoms with Gasteiger partial charge in [-0.1, -0.05) is 0 Å². The molecule has 0 saturated heterocycles. The molecule has 0 unspecified atom stereocenters. The number of rotatable bonds is 0. The van der Waals surface area contributed by atoms with Crippen LogP contribution in [0, 0.1) is 10.2 Å². The second-order valence-electron chi connectivity index (χ2n) is 0.644. The van der Waals surface area contributed by atoms with Gasteiger partial charge in [0.1, 0.15) is 0 Å². The molecule has 0 aromatic rings. The first-order valence-corrected chi connectivity index (χ1v) is 2.48. The van der Waals surface area contributed by atoms with E-state index in [0.717, 1.165) is 0 Å². The van der Waals surface area contributed by atoms with Gasteiger partial charge in [-0.2, -0.15) is 0 Å². The third kappa shape index (κ3) is 292. The minimum absolute atomic E-state index is 0. The molecule has 0 spiro atoms. The van der Waals surface area contributed by atoms with Gasteiger partial charge in [0.25, 0.3) is 0 Å². The van der Waals surface area contributed by atoms with E-state index >= 15 is 0 Å². The van der Waals surface area contributed by atoms with Crippen LogP contribution in [0.3, 0.4) is 0 Å². The van der Waals surface area contributed by atoms with Crippen molar-refractivity contribution in [2.45, 2.75) is 0 Å². The van der Waals surface area contributed by atoms with Crippen LogP contribution in [0.15, 0.2) is 0 Å². The van der Waals surface area contributed by atoms with E-state index in [0.29, 0.717) is 0 Å². The zero-order valence-electron chi connectivity index (χ0n) is 5.77. The minimum Gasteiger partial charge on any atom is -0.565 e. The predicted molar refractivity (Wildman–Crippen MR) is 8.02 cm³/mol. The molecule has 1 N–H and O–H groups in total. The van der Waals surface area contributed by atoms with Gasteiger partial charge in [-0.05, 0) is 0 Å². The quantitative estimate of drug-likeness (QED) is 0.399. The molecule has 0 radical (unpaired) electrons. The molecule has 0 saturated carbocycles. The molecule has 0 aliphatic rings. The van der Waals surface area contributed by atoms with Crippen molar-refractivity contribution in [2.75, 3.05) is 0 Å². The third-order valence-electron chi connectivity index (χ3n) is 0. The van der Waals surface area contributed by atoms with E-state index in [4.69, 9.17) is 33.6 Å². The zero-order chi connectivity index (χ0) is 8.08. The summed E-state index contributed by atoms with van der Waals surface area (Å²) in [6, 6.07) is 0. The summed E-state index contributed by atoms with van der Waals surface area (Å²) in [7, 11) is -4.94. The first-order valence-electron chi connectivity index (χ1n) is 1.25. The maximum absolute atomic E-state index is 8.49. The van der Waals surface area contributed by atoms with E-state index in [1.54, 1.807) is 0 Å². The average molecular weight is 223 g/mol. The van der Waals surface area contributed by atoms with Crippen LogP contribution in [0.4, 0.5) is 4.79 Å². The molecule has 0 bridgehead atoms. The van der Waals surface area contributed by atoms with Crippen LogP contribution in [0.5, 0.6) is 0 Å². The molecule has 11 heavy (non-hydrogen) atoms. The first kappa shape index (κ1) is 23.1. The van der Waals surface area contributed by atoms with Gasteiger partial charge in [0, 0.05) is 0 Å². The molecular weight excluding hydrogens is 222 g/mol. The fourth-order valence-corrected chi connectivity index (χ4v) is 0. The standard InChI is InChI=1S/CH2O3.ClHO4.K.Na/c2-1(3)4;2-1(3,4)5;;/h(H2,2,3,4);(H,2,3,4,5);;/q;;2*+1/p-2. The van der Waals surface area contributed by atoms with Gasteiger partial charge in [-0.25, -0.2) is 18.6 Å². The molecule has 0 rings (SSSR count). The monoisotopic (exact) mass is 222 g/mol. The molecule has 0 aliphatic heterocycles. The average Bonchev–Trinajstić information content (AvgIpc) is 1.19. The summed E-state index contributed by atoms with van der Waals surface area (Å²) in [5.74, 6) is 0. The molecule has 56 valence electrons. The molecule has 0 amide bonds. The molecule has 0 heterocycles. The molecule has 0 aromatic carbocycles. The van der Waals surface area contributed by atoms with E-state index in [-0.39, 0.29) is 80.9 Å². The fourth-order valence-electron chi connectivity index (χ4n) is 0. The molecule has 7 nitrogen and oxygen atoms in total. The van der Waals surface area contributed by atoms with Crippen LogP contribution in [-0.2, 0) is 0 Å². The van der Waals surface area contributed by atoms with Gasteiger partial charge in [0.15, 0.2) is 0 Å². The van der Waals surface area contributed by atoms with Crippen LogP contribution in [0.25, 0.3) is 0 Å². The first-order chi connectivity index (χ1) is 3.73. The zero-order valence-corrected chi connectivity index (χ0v) is 11.7. The van der Waals surface area contributed by atoms with Gasteiger partial charge in [0.2, 0.25) is 6.16 Å². The van der Waals surface area contributed by atoms with Gasteiger partial charge in [0.05, 0.1) is 0 Å². The second kappa shape index (κ2) is 12.0. The Bertz CT molecular complexity index is 80.9. The Kier molecular flexibility index (Phi) is 25.3. The molecule has 0 aliphatic carbocycles. The van der Waals surface area contributed by atoms with Crippen molar-refractivity contribution in [3.05, 3.63) is 0 Å². The van der Waals surface area contributed by atoms with Gasteiger partial charge >= 0.3 is 80.9 Å². The maximum atomic E-state index is 8.49. The van der Waals surface area contributed by atoms with Crippen molar-refractivity contribution in [1.82, 2.24) is 0 Å². The van der Waals surface area contributed by atoms with Crippen LogP contribution >= 0.6 is 0 Å². The van der Waals surface area contributed by atoms with Crippen LogP contribution in [0.1, 0.15) is 0 Å². The van der Waals surface area contributed by atoms with E-state index < -0.39 is 16.4 Å². The number of hydrogen-bond donors (Lipinski definition) is 1. The number of carbonyl (C=O) groups is 1. The topological polar surface area (TPSA) is 153 Å². The second-order valence-corrected chi connectivity index (χ2v) is 1.40. The van der Waals surface area contributed by atoms with Crippen LogP contribution in [-0.4, -0.2) is 11.3 Å². The van der Waals surface area contributed by atoms with E-state index in [2.05, 4.69) is 0 Å². The van der Waals surface area contributed by atoms with E-state index in [1.165, 1.54) is 0 Å². The van der Waals surface area contributed by atoms with Crippen molar-refractivity contribution >= 4 is 6.16 Å². The van der Waals surface area contributed by atoms with Crippen molar-refractivity contribution < 1.29 is 125 Å². The van der Waals surface area contributed by atoms with Gasteiger partial charge in [-0.15, -0.1) is 10.2 Å². The maximum Gasteiger partial charge on any atom is 1.00 e. The fraction of sp³-hybridized carbons (Fsp3) is 0. The van der Waals surface area contributed by atoms with Crippen molar-refractivity contribution in [2.24, 2.45) is 0 Å². The van der Waals surface area contributed by atoms with Crippen molar-refractivity contribution in [3.63, 3.8) is 0 Å². The van der Waals surface area contributed by atoms with E-state index in [1.807, 2.05) is 0 Å². The smallest absolute Gasteiger partial charge is 0.565 e. The molecule has 0 fully saturated rings. The Morgan fingerprint density at radius 2 is 1.18 bits per heavy atom. The Labute approximate surface area is 128 Å². The number of halogens is 1. The van der Waals surface area contributed by atoms with Crippen LogP contribution in [0.2, 0.25) is 0 Å². The largest absolute Gasteiger partial charge is 1.00 e. The summed E-state index contributed by atoms with van der Waals surface area (Å²) in [5.41, 5.74) is 0. The summed E-state index contributed by atoms with van der Waals surface area (Å²) in [6.45, 7) is 0. The number of hydrogen-bond acceptors (Lipinski definition) is 6. The predicted octanol–water partition coefficient (Wildman–Crippen LogP) is -11.9. The van der Waals surface area contributed by atoms with Gasteiger partial charge in [-0.3, -0.25) is 0 Å². The molecule has 10 heteroatoms. The Morgan fingerprint density at radius 1 is 1.18 bits per heavy atom. The Hall–Kier alpha value is 2.04. The van der Waals surface area contributed by atoms with Gasteiger partial charge < -0.3 is 15.0 Å². The summed E-state index contributed by atoms with van der Waals surface area (Å²) >= 11 is 0. The summed E-state index contributed by atoms with van der Waals surface area (Å²) in [5, 5.41) is 15.3. The normalized spacial score (nSPS) is 7.64. The minimum atomic E-state index is -4.94. The van der Waals surface area contributed by atoms with Crippen molar-refractivity contribution in [1.29, 1.82) is 0 Å². The molecular formula is CHClKNaO7. The summed E-state index contributed by atoms with van der Waals surface area (Å²) in [4.78, 5) is 8.44. The van der Waals surface area contributed by atoms with Crippen molar-refractivity contribution in [3.8, 4) is 0 Å². The molecule has 0 aromatic heterocycles.